The lowest BCUT2D eigenvalue weighted by Crippen LogP contribution is -2.12. The molecule has 0 saturated heterocycles. The van der Waals surface area contributed by atoms with Crippen LogP contribution in [0.1, 0.15) is 26.3 Å². The Morgan fingerprint density at radius 2 is 1.78 bits per heavy atom. The molecule has 1 aliphatic rings. The van der Waals surface area contributed by atoms with Crippen LogP contribution >= 0.6 is 0 Å². The number of carbonyl (C=O) groups excluding carboxylic acids is 2. The third kappa shape index (κ3) is 2.93. The molecule has 27 heavy (non-hydrogen) atoms. The summed E-state index contributed by atoms with van der Waals surface area (Å²) in [5.74, 6) is -0.510. The molecule has 0 N–H and O–H groups in total. The maximum Gasteiger partial charge on any atom is 0.345 e. The Morgan fingerprint density at radius 1 is 0.963 bits per heavy atom. The summed E-state index contributed by atoms with van der Waals surface area (Å²) in [4.78, 5) is 26.6. The van der Waals surface area contributed by atoms with Crippen molar-refractivity contribution in [2.45, 2.75) is 6.92 Å². The maximum absolute atomic E-state index is 12.6. The molecule has 3 aromatic rings. The molecular formula is C22H17NO4. The number of benzene rings is 3. The number of fused-ring (bicyclic) bond motifs is 2. The summed E-state index contributed by atoms with van der Waals surface area (Å²) in [5.41, 5.74) is 4.06. The van der Waals surface area contributed by atoms with Crippen LogP contribution in [0.4, 0.5) is 17.1 Å². The van der Waals surface area contributed by atoms with Crippen LogP contribution in [0.5, 0.6) is 5.75 Å². The van der Waals surface area contributed by atoms with E-state index in [-0.39, 0.29) is 0 Å². The van der Waals surface area contributed by atoms with Crippen LogP contribution in [-0.2, 0) is 4.74 Å². The Labute approximate surface area is 156 Å². The quantitative estimate of drug-likeness (QED) is 0.487. The summed E-state index contributed by atoms with van der Waals surface area (Å²) in [5, 5.41) is 0. The van der Waals surface area contributed by atoms with Gasteiger partial charge in [0.2, 0.25) is 0 Å². The van der Waals surface area contributed by atoms with Gasteiger partial charge >= 0.3 is 11.9 Å². The molecule has 4 rings (SSSR count). The van der Waals surface area contributed by atoms with Gasteiger partial charge < -0.3 is 14.4 Å². The lowest BCUT2D eigenvalue weighted by molar-refractivity contribution is 0.0600. The fraction of sp³-hybridized carbons (Fsp3) is 0.0909. The molecule has 0 amide bonds. The van der Waals surface area contributed by atoms with Crippen molar-refractivity contribution >= 4 is 29.0 Å². The van der Waals surface area contributed by atoms with E-state index in [9.17, 15) is 9.59 Å². The van der Waals surface area contributed by atoms with E-state index < -0.39 is 11.9 Å². The lowest BCUT2D eigenvalue weighted by atomic mass is 10.1. The number of rotatable bonds is 2. The van der Waals surface area contributed by atoms with Crippen LogP contribution in [0.15, 0.2) is 66.7 Å². The minimum Gasteiger partial charge on any atom is -0.465 e. The first-order valence-electron chi connectivity index (χ1n) is 8.49. The average molecular weight is 359 g/mol. The molecule has 3 aromatic carbocycles. The van der Waals surface area contributed by atoms with Crippen LogP contribution in [0.3, 0.4) is 0 Å². The van der Waals surface area contributed by atoms with Crippen LogP contribution in [-0.4, -0.2) is 19.0 Å². The molecule has 5 heteroatoms. The second-order valence-corrected chi connectivity index (χ2v) is 6.26. The Kier molecular flexibility index (Phi) is 4.12. The van der Waals surface area contributed by atoms with Gasteiger partial charge in [0.15, 0.2) is 5.75 Å². The summed E-state index contributed by atoms with van der Waals surface area (Å²) in [6.07, 6.45) is 0. The molecule has 0 aromatic heterocycles. The molecule has 0 unspecified atom stereocenters. The topological polar surface area (TPSA) is 55.8 Å². The predicted molar refractivity (Wildman–Crippen MR) is 102 cm³/mol. The van der Waals surface area contributed by atoms with Crippen molar-refractivity contribution in [3.05, 3.63) is 83.4 Å². The molecule has 0 aliphatic carbocycles. The highest BCUT2D eigenvalue weighted by atomic mass is 16.5. The second-order valence-electron chi connectivity index (χ2n) is 6.26. The number of ether oxygens (including phenoxy) is 2. The average Bonchev–Trinajstić information content (AvgIpc) is 2.81. The highest BCUT2D eigenvalue weighted by molar-refractivity contribution is 6.03. The molecular weight excluding hydrogens is 342 g/mol. The molecule has 0 radical (unpaired) electrons. The van der Waals surface area contributed by atoms with Crippen molar-refractivity contribution in [3.63, 3.8) is 0 Å². The van der Waals surface area contributed by atoms with Gasteiger partial charge in [-0.25, -0.2) is 9.59 Å². The summed E-state index contributed by atoms with van der Waals surface area (Å²) < 4.78 is 10.4. The SMILES string of the molecule is COC(=O)c1ccc2c(c1)N(c1cccc(C)c1)c1ccccc1C(=O)O2. The number of para-hydroxylation sites is 1. The molecule has 1 heterocycles. The number of nitrogens with zero attached hydrogens (tertiary/aromatic N) is 1. The maximum atomic E-state index is 12.6. The van der Waals surface area contributed by atoms with Gasteiger partial charge in [0.05, 0.1) is 29.6 Å². The number of aryl methyl sites for hydroxylation is 1. The third-order valence-electron chi connectivity index (χ3n) is 4.45. The van der Waals surface area contributed by atoms with Crippen molar-refractivity contribution in [1.82, 2.24) is 0 Å². The van der Waals surface area contributed by atoms with Gasteiger partial charge in [-0.3, -0.25) is 0 Å². The van der Waals surface area contributed by atoms with E-state index in [0.29, 0.717) is 28.3 Å². The van der Waals surface area contributed by atoms with Crippen LogP contribution < -0.4 is 9.64 Å². The Balaban J connectivity index is 2.01. The van der Waals surface area contributed by atoms with E-state index in [0.717, 1.165) is 11.3 Å². The minimum atomic E-state index is -0.453. The van der Waals surface area contributed by atoms with E-state index in [1.807, 2.05) is 48.2 Å². The lowest BCUT2D eigenvalue weighted by Gasteiger charge is -2.26. The van der Waals surface area contributed by atoms with Crippen LogP contribution in [0.25, 0.3) is 0 Å². The summed E-state index contributed by atoms with van der Waals surface area (Å²) >= 11 is 0. The number of hydrogen-bond donors (Lipinski definition) is 0. The smallest absolute Gasteiger partial charge is 0.345 e. The monoisotopic (exact) mass is 359 g/mol. The zero-order valence-corrected chi connectivity index (χ0v) is 14.9. The highest BCUT2D eigenvalue weighted by Gasteiger charge is 2.28. The molecule has 0 fully saturated rings. The van der Waals surface area contributed by atoms with Crippen LogP contribution in [0, 0.1) is 6.92 Å². The first kappa shape index (κ1) is 16.8. The normalized spacial score (nSPS) is 12.5. The first-order valence-corrected chi connectivity index (χ1v) is 8.49. The number of anilines is 3. The molecule has 5 nitrogen and oxygen atoms in total. The van der Waals surface area contributed by atoms with E-state index in [1.165, 1.54) is 7.11 Å². The van der Waals surface area contributed by atoms with Crippen molar-refractivity contribution < 1.29 is 19.1 Å². The van der Waals surface area contributed by atoms with Crippen LogP contribution in [0.2, 0.25) is 0 Å². The van der Waals surface area contributed by atoms with Crippen molar-refractivity contribution in [2.24, 2.45) is 0 Å². The van der Waals surface area contributed by atoms with E-state index in [4.69, 9.17) is 9.47 Å². The summed E-state index contributed by atoms with van der Waals surface area (Å²) in [6, 6.07) is 20.1. The van der Waals surface area contributed by atoms with Crippen molar-refractivity contribution in [1.29, 1.82) is 0 Å². The standard InChI is InChI=1S/C22H17NO4/c1-14-6-5-7-16(12-14)23-18-9-4-3-8-17(18)22(25)27-20-11-10-15(13-19(20)23)21(24)26-2/h3-13H,1-2H3. The van der Waals surface area contributed by atoms with E-state index >= 15 is 0 Å². The number of esters is 2. The molecule has 0 atom stereocenters. The Hall–Kier alpha value is -3.60. The first-order chi connectivity index (χ1) is 13.1. The van der Waals surface area contributed by atoms with E-state index in [1.54, 1.807) is 30.3 Å². The van der Waals surface area contributed by atoms with Gasteiger partial charge in [-0.15, -0.1) is 0 Å². The van der Waals surface area contributed by atoms with Crippen molar-refractivity contribution in [3.8, 4) is 5.75 Å². The summed E-state index contributed by atoms with van der Waals surface area (Å²) in [6.45, 7) is 2.00. The zero-order valence-electron chi connectivity index (χ0n) is 14.9. The second kappa shape index (κ2) is 6.61. The molecule has 1 aliphatic heterocycles. The number of methoxy groups -OCH3 is 1. The van der Waals surface area contributed by atoms with Gasteiger partial charge in [0, 0.05) is 5.69 Å². The largest absolute Gasteiger partial charge is 0.465 e. The minimum absolute atomic E-state index is 0.379. The highest BCUT2D eigenvalue weighted by Crippen LogP contribution is 2.44. The molecule has 0 bridgehead atoms. The molecule has 0 spiro atoms. The van der Waals surface area contributed by atoms with Gasteiger partial charge in [-0.2, -0.15) is 0 Å². The third-order valence-corrected chi connectivity index (χ3v) is 4.45. The zero-order chi connectivity index (χ0) is 19.0. The van der Waals surface area contributed by atoms with Gasteiger partial charge in [0.25, 0.3) is 0 Å². The number of carbonyl (C=O) groups is 2. The summed E-state index contributed by atoms with van der Waals surface area (Å²) in [7, 11) is 1.33. The fourth-order valence-corrected chi connectivity index (χ4v) is 3.19. The van der Waals surface area contributed by atoms with Crippen molar-refractivity contribution in [2.75, 3.05) is 12.0 Å². The Morgan fingerprint density at radius 3 is 2.56 bits per heavy atom. The van der Waals surface area contributed by atoms with E-state index in [2.05, 4.69) is 0 Å². The fourth-order valence-electron chi connectivity index (χ4n) is 3.19. The molecule has 0 saturated carbocycles. The van der Waals surface area contributed by atoms with Gasteiger partial charge in [0.1, 0.15) is 0 Å². The predicted octanol–water partition coefficient (Wildman–Crippen LogP) is 4.78. The Bertz CT molecular complexity index is 1060. The van der Waals surface area contributed by atoms with Gasteiger partial charge in [-0.1, -0.05) is 24.3 Å². The molecule has 134 valence electrons. The number of hydrogen-bond acceptors (Lipinski definition) is 5. The van der Waals surface area contributed by atoms with Gasteiger partial charge in [-0.05, 0) is 55.0 Å².